The third-order valence-electron chi connectivity index (χ3n) is 5.32. The third-order valence-corrected chi connectivity index (χ3v) is 5.32. The molecule has 0 saturated carbocycles. The van der Waals surface area contributed by atoms with Crippen molar-refractivity contribution >= 4 is 5.91 Å². The summed E-state index contributed by atoms with van der Waals surface area (Å²) in [6.45, 7) is 1.33. The summed E-state index contributed by atoms with van der Waals surface area (Å²) in [7, 11) is 5.72. The number of rotatable bonds is 8. The van der Waals surface area contributed by atoms with Crippen molar-refractivity contribution in [2.45, 2.75) is 13.1 Å². The maximum Gasteiger partial charge on any atom is 0.255 e. The van der Waals surface area contributed by atoms with Gasteiger partial charge < -0.3 is 15.0 Å². The molecule has 3 aromatic carbocycles. The molecule has 0 fully saturated rings. The Morgan fingerprint density at radius 1 is 0.939 bits per heavy atom. The fourth-order valence-electron chi connectivity index (χ4n) is 3.62. The Balaban J connectivity index is 1.58. The number of hydrogen-bond donors (Lipinski definition) is 1. The highest BCUT2D eigenvalue weighted by molar-refractivity contribution is 5.99. The molecule has 0 bridgehead atoms. The van der Waals surface area contributed by atoms with Crippen LogP contribution in [0.25, 0.3) is 16.9 Å². The molecule has 0 aliphatic carbocycles. The Morgan fingerprint density at radius 2 is 1.61 bits per heavy atom. The molecule has 1 aromatic heterocycles. The minimum Gasteiger partial charge on any atom is -0.497 e. The van der Waals surface area contributed by atoms with Gasteiger partial charge in [-0.05, 0) is 61.6 Å². The van der Waals surface area contributed by atoms with Gasteiger partial charge in [0.05, 0.1) is 18.4 Å². The van der Waals surface area contributed by atoms with E-state index in [1.165, 1.54) is 5.56 Å². The SMILES string of the molecule is COc1ccc(-c2nn(-c3ccccc3)cc2C(=O)NCc2ccc(CN(C)C)cc2)cc1. The number of carbonyl (C=O) groups excluding carboxylic acids is 1. The van der Waals surface area contributed by atoms with Gasteiger partial charge >= 0.3 is 0 Å². The predicted molar refractivity (Wildman–Crippen MR) is 131 cm³/mol. The van der Waals surface area contributed by atoms with E-state index >= 15 is 0 Å². The van der Waals surface area contributed by atoms with Gasteiger partial charge in [-0.1, -0.05) is 42.5 Å². The summed E-state index contributed by atoms with van der Waals surface area (Å²) < 4.78 is 7.01. The van der Waals surface area contributed by atoms with Crippen LogP contribution >= 0.6 is 0 Å². The summed E-state index contributed by atoms with van der Waals surface area (Å²) >= 11 is 0. The number of amides is 1. The first-order valence-corrected chi connectivity index (χ1v) is 10.8. The van der Waals surface area contributed by atoms with Crippen molar-refractivity contribution in [2.24, 2.45) is 0 Å². The summed E-state index contributed by atoms with van der Waals surface area (Å²) in [5.74, 6) is 0.588. The molecule has 1 heterocycles. The lowest BCUT2D eigenvalue weighted by Gasteiger charge is -2.10. The molecule has 0 atom stereocenters. The van der Waals surface area contributed by atoms with E-state index in [0.717, 1.165) is 29.1 Å². The van der Waals surface area contributed by atoms with E-state index < -0.39 is 0 Å². The summed E-state index contributed by atoms with van der Waals surface area (Å²) in [6, 6.07) is 25.6. The lowest BCUT2D eigenvalue weighted by atomic mass is 10.1. The second kappa shape index (κ2) is 10.1. The van der Waals surface area contributed by atoms with Gasteiger partial charge in [0.25, 0.3) is 5.91 Å². The highest BCUT2D eigenvalue weighted by atomic mass is 16.5. The quantitative estimate of drug-likeness (QED) is 0.437. The Bertz CT molecular complexity index is 1200. The first-order valence-electron chi connectivity index (χ1n) is 10.8. The van der Waals surface area contributed by atoms with E-state index in [1.54, 1.807) is 18.0 Å². The van der Waals surface area contributed by atoms with Crippen LogP contribution in [-0.2, 0) is 13.1 Å². The molecule has 0 aliphatic heterocycles. The summed E-state index contributed by atoms with van der Waals surface area (Å²) in [6.07, 6.45) is 1.78. The number of hydrogen-bond acceptors (Lipinski definition) is 4. The maximum absolute atomic E-state index is 13.2. The zero-order valence-corrected chi connectivity index (χ0v) is 19.2. The number of aromatic nitrogens is 2. The molecule has 4 rings (SSSR count). The molecule has 1 N–H and O–H groups in total. The molecule has 0 aliphatic rings. The second-order valence-electron chi connectivity index (χ2n) is 8.14. The smallest absolute Gasteiger partial charge is 0.255 e. The lowest BCUT2D eigenvalue weighted by molar-refractivity contribution is 0.0951. The van der Waals surface area contributed by atoms with Crippen LogP contribution in [0, 0.1) is 0 Å². The van der Waals surface area contributed by atoms with Crippen LogP contribution in [0.5, 0.6) is 5.75 Å². The lowest BCUT2D eigenvalue weighted by Crippen LogP contribution is -2.23. The number of methoxy groups -OCH3 is 1. The molecular weight excluding hydrogens is 412 g/mol. The van der Waals surface area contributed by atoms with Crippen molar-refractivity contribution in [2.75, 3.05) is 21.2 Å². The van der Waals surface area contributed by atoms with Crippen LogP contribution in [0.15, 0.2) is 85.1 Å². The van der Waals surface area contributed by atoms with E-state index in [1.807, 2.05) is 68.7 Å². The summed E-state index contributed by atoms with van der Waals surface area (Å²) in [4.78, 5) is 15.3. The molecular formula is C27H28N4O2. The molecule has 33 heavy (non-hydrogen) atoms. The van der Waals surface area contributed by atoms with Gasteiger partial charge in [-0.15, -0.1) is 0 Å². The van der Waals surface area contributed by atoms with E-state index in [4.69, 9.17) is 9.84 Å². The molecule has 6 heteroatoms. The number of nitrogens with one attached hydrogen (secondary N) is 1. The highest BCUT2D eigenvalue weighted by Gasteiger charge is 2.18. The van der Waals surface area contributed by atoms with E-state index in [-0.39, 0.29) is 5.91 Å². The van der Waals surface area contributed by atoms with Crippen LogP contribution in [0.2, 0.25) is 0 Å². The Kier molecular flexibility index (Phi) is 6.86. The third kappa shape index (κ3) is 5.48. The van der Waals surface area contributed by atoms with E-state index in [9.17, 15) is 4.79 Å². The molecule has 168 valence electrons. The topological polar surface area (TPSA) is 59.4 Å². The molecule has 0 saturated heterocycles. The van der Waals surface area contributed by atoms with Crippen LogP contribution in [-0.4, -0.2) is 41.8 Å². The van der Waals surface area contributed by atoms with Gasteiger partial charge in [-0.3, -0.25) is 4.79 Å². The fraction of sp³-hybridized carbons (Fsp3) is 0.185. The number of nitrogens with zero attached hydrogens (tertiary/aromatic N) is 3. The predicted octanol–water partition coefficient (Wildman–Crippen LogP) is 4.54. The van der Waals surface area contributed by atoms with Crippen molar-refractivity contribution in [3.05, 3.63) is 102 Å². The molecule has 1 amide bonds. The van der Waals surface area contributed by atoms with Crippen LogP contribution < -0.4 is 10.1 Å². The van der Waals surface area contributed by atoms with Gasteiger partial charge in [0.1, 0.15) is 11.4 Å². The first-order chi connectivity index (χ1) is 16.0. The van der Waals surface area contributed by atoms with Gasteiger partial charge in [-0.25, -0.2) is 4.68 Å². The zero-order valence-electron chi connectivity index (χ0n) is 19.2. The summed E-state index contributed by atoms with van der Waals surface area (Å²) in [5, 5.41) is 7.78. The monoisotopic (exact) mass is 440 g/mol. The minimum atomic E-state index is -0.166. The fourth-order valence-corrected chi connectivity index (χ4v) is 3.62. The van der Waals surface area contributed by atoms with Crippen LogP contribution in [0.3, 0.4) is 0 Å². The van der Waals surface area contributed by atoms with Crippen LogP contribution in [0.4, 0.5) is 0 Å². The minimum absolute atomic E-state index is 0.166. The van der Waals surface area contributed by atoms with E-state index in [2.05, 4.69) is 34.5 Å². The first kappa shape index (κ1) is 22.3. The zero-order chi connectivity index (χ0) is 23.2. The molecule has 0 spiro atoms. The second-order valence-corrected chi connectivity index (χ2v) is 8.14. The molecule has 6 nitrogen and oxygen atoms in total. The Hall–Kier alpha value is -3.90. The van der Waals surface area contributed by atoms with Gasteiger partial charge in [0.15, 0.2) is 0 Å². The van der Waals surface area contributed by atoms with Crippen molar-refractivity contribution in [3.63, 3.8) is 0 Å². The van der Waals surface area contributed by atoms with Crippen molar-refractivity contribution in [3.8, 4) is 22.7 Å². The van der Waals surface area contributed by atoms with Gasteiger partial charge in [-0.2, -0.15) is 5.10 Å². The van der Waals surface area contributed by atoms with Crippen molar-refractivity contribution in [1.29, 1.82) is 0 Å². The number of benzene rings is 3. The van der Waals surface area contributed by atoms with E-state index in [0.29, 0.717) is 17.8 Å². The van der Waals surface area contributed by atoms with Gasteiger partial charge in [0, 0.05) is 24.8 Å². The average molecular weight is 441 g/mol. The average Bonchev–Trinajstić information content (AvgIpc) is 3.29. The molecule has 4 aromatic rings. The maximum atomic E-state index is 13.2. The van der Waals surface area contributed by atoms with Gasteiger partial charge in [0.2, 0.25) is 0 Å². The molecule has 0 unspecified atom stereocenters. The number of ether oxygens (including phenoxy) is 1. The molecule has 0 radical (unpaired) electrons. The van der Waals surface area contributed by atoms with Crippen LogP contribution in [0.1, 0.15) is 21.5 Å². The number of carbonyl (C=O) groups is 1. The largest absolute Gasteiger partial charge is 0.497 e. The van der Waals surface area contributed by atoms with Crippen molar-refractivity contribution in [1.82, 2.24) is 20.0 Å². The summed E-state index contributed by atoms with van der Waals surface area (Å²) in [5.41, 5.74) is 5.17. The Labute approximate surface area is 194 Å². The normalized spacial score (nSPS) is 10.9. The highest BCUT2D eigenvalue weighted by Crippen LogP contribution is 2.26. The Morgan fingerprint density at radius 3 is 2.24 bits per heavy atom. The number of para-hydroxylation sites is 1. The van der Waals surface area contributed by atoms with Crippen molar-refractivity contribution < 1.29 is 9.53 Å². The standard InChI is InChI=1S/C27H28N4O2/c1-30(2)18-21-11-9-20(10-12-21)17-28-27(32)25-19-31(23-7-5-4-6-8-23)29-26(25)22-13-15-24(33-3)16-14-22/h4-16,19H,17-18H2,1-3H3,(H,28,32).